The summed E-state index contributed by atoms with van der Waals surface area (Å²) < 4.78 is 5.32. The predicted octanol–water partition coefficient (Wildman–Crippen LogP) is 2.65. The molecule has 0 spiro atoms. The summed E-state index contributed by atoms with van der Waals surface area (Å²) in [5.41, 5.74) is 1.29. The van der Waals surface area contributed by atoms with E-state index in [9.17, 15) is 0 Å². The summed E-state index contributed by atoms with van der Waals surface area (Å²) >= 11 is 1.63. The molecule has 0 saturated carbocycles. The zero-order valence-electron chi connectivity index (χ0n) is 10.7. The number of hydrogen-bond donors (Lipinski definition) is 1. The Kier molecular flexibility index (Phi) is 3.64. The largest absolute Gasteiger partial charge is 0.377 e. The lowest BCUT2D eigenvalue weighted by atomic mass is 9.84. The second kappa shape index (κ2) is 4.86. The Labute approximate surface area is 107 Å². The van der Waals surface area contributed by atoms with Gasteiger partial charge in [-0.15, -0.1) is 0 Å². The van der Waals surface area contributed by atoms with E-state index >= 15 is 0 Å². The Hall–Kier alpha value is -0.740. The van der Waals surface area contributed by atoms with Gasteiger partial charge in [0.05, 0.1) is 11.6 Å². The molecule has 2 rings (SSSR count). The van der Waals surface area contributed by atoms with Gasteiger partial charge >= 0.3 is 0 Å². The third-order valence-electron chi connectivity index (χ3n) is 3.86. The van der Waals surface area contributed by atoms with Crippen molar-refractivity contribution in [2.45, 2.75) is 31.4 Å². The van der Waals surface area contributed by atoms with Gasteiger partial charge in [-0.05, 0) is 25.3 Å². The third-order valence-corrected chi connectivity index (χ3v) is 4.81. The Morgan fingerprint density at radius 2 is 2.35 bits per heavy atom. The van der Waals surface area contributed by atoms with E-state index in [0.717, 1.165) is 18.6 Å². The van der Waals surface area contributed by atoms with E-state index < -0.39 is 0 Å². The predicted molar refractivity (Wildman–Crippen MR) is 73.6 cm³/mol. The first-order chi connectivity index (χ1) is 8.08. The minimum Gasteiger partial charge on any atom is -0.377 e. The Balaban J connectivity index is 2.19. The van der Waals surface area contributed by atoms with Crippen LogP contribution in [0.5, 0.6) is 0 Å². The van der Waals surface area contributed by atoms with Crippen molar-refractivity contribution < 1.29 is 4.74 Å². The van der Waals surface area contributed by atoms with E-state index in [1.807, 2.05) is 7.05 Å². The first kappa shape index (κ1) is 12.7. The summed E-state index contributed by atoms with van der Waals surface area (Å²) in [5.74, 6) is 1.03. The molecule has 0 radical (unpaired) electrons. The first-order valence-corrected chi connectivity index (χ1v) is 6.93. The van der Waals surface area contributed by atoms with Crippen molar-refractivity contribution in [1.29, 1.82) is 5.41 Å². The lowest BCUT2D eigenvalue weighted by Gasteiger charge is -2.45. The van der Waals surface area contributed by atoms with Crippen LogP contribution in [0.1, 0.15) is 19.8 Å². The van der Waals surface area contributed by atoms with Crippen LogP contribution in [-0.4, -0.2) is 41.6 Å². The Morgan fingerprint density at radius 3 is 2.94 bits per heavy atom. The topological polar surface area (TPSA) is 36.3 Å². The van der Waals surface area contributed by atoms with Crippen molar-refractivity contribution in [3.8, 4) is 0 Å². The van der Waals surface area contributed by atoms with Gasteiger partial charge in [0, 0.05) is 19.9 Å². The van der Waals surface area contributed by atoms with Crippen molar-refractivity contribution in [2.75, 3.05) is 19.9 Å². The Morgan fingerprint density at radius 1 is 1.59 bits per heavy atom. The van der Waals surface area contributed by atoms with Gasteiger partial charge < -0.3 is 9.64 Å². The van der Waals surface area contributed by atoms with Crippen LogP contribution >= 0.6 is 11.8 Å². The summed E-state index contributed by atoms with van der Waals surface area (Å²) in [6.45, 7) is 2.23. The number of nitrogens with zero attached hydrogens (tertiary/aromatic N) is 1. The maximum absolute atomic E-state index is 7.96. The van der Waals surface area contributed by atoms with Gasteiger partial charge in [0.15, 0.2) is 5.17 Å². The summed E-state index contributed by atoms with van der Waals surface area (Å²) in [6.07, 6.45) is 8.78. The molecule has 1 fully saturated rings. The third kappa shape index (κ3) is 2.29. The molecule has 1 N–H and O–H groups in total. The minimum absolute atomic E-state index is 0.0302. The van der Waals surface area contributed by atoms with Crippen molar-refractivity contribution >= 4 is 16.9 Å². The van der Waals surface area contributed by atoms with E-state index in [1.165, 1.54) is 5.57 Å². The standard InChI is InChI=1S/C13H20N2OS/c1-13(8-9-17-12(14)15(13)2)10-4-6-11(16-3)7-5-10/h4-6,11,14H,7-9H2,1-3H3. The number of thioether (sulfide) groups is 1. The summed E-state index contributed by atoms with van der Waals surface area (Å²) in [5, 5.41) is 8.63. The van der Waals surface area contributed by atoms with Gasteiger partial charge in [0.1, 0.15) is 0 Å². The second-order valence-electron chi connectivity index (χ2n) is 4.76. The molecule has 0 aromatic rings. The molecule has 1 aliphatic carbocycles. The van der Waals surface area contributed by atoms with Crippen LogP contribution in [-0.2, 0) is 4.74 Å². The van der Waals surface area contributed by atoms with Crippen LogP contribution in [0.4, 0.5) is 0 Å². The van der Waals surface area contributed by atoms with Crippen LogP contribution in [0.25, 0.3) is 0 Å². The fourth-order valence-electron chi connectivity index (χ4n) is 2.35. The van der Waals surface area contributed by atoms with Crippen LogP contribution in [0.2, 0.25) is 0 Å². The van der Waals surface area contributed by atoms with Crippen molar-refractivity contribution in [3.63, 3.8) is 0 Å². The fraction of sp³-hybridized carbons (Fsp3) is 0.615. The summed E-state index contributed by atoms with van der Waals surface area (Å²) in [6, 6.07) is 0. The number of methoxy groups -OCH3 is 1. The van der Waals surface area contributed by atoms with E-state index in [1.54, 1.807) is 18.9 Å². The van der Waals surface area contributed by atoms with Gasteiger partial charge in [-0.1, -0.05) is 30.0 Å². The highest BCUT2D eigenvalue weighted by atomic mass is 32.2. The zero-order valence-corrected chi connectivity index (χ0v) is 11.5. The average Bonchev–Trinajstić information content (AvgIpc) is 2.36. The summed E-state index contributed by atoms with van der Waals surface area (Å²) in [4.78, 5) is 2.09. The molecule has 1 aliphatic heterocycles. The van der Waals surface area contributed by atoms with Gasteiger partial charge in [-0.3, -0.25) is 5.41 Å². The average molecular weight is 252 g/mol. The van der Waals surface area contributed by atoms with Crippen LogP contribution < -0.4 is 0 Å². The van der Waals surface area contributed by atoms with Gasteiger partial charge in [0.2, 0.25) is 0 Å². The van der Waals surface area contributed by atoms with E-state index in [-0.39, 0.29) is 11.6 Å². The molecule has 1 saturated heterocycles. The molecule has 0 amide bonds. The van der Waals surface area contributed by atoms with Crippen molar-refractivity contribution in [3.05, 3.63) is 23.8 Å². The molecule has 3 nitrogen and oxygen atoms in total. The fourth-order valence-corrected chi connectivity index (χ4v) is 3.44. The maximum atomic E-state index is 7.96. The molecule has 0 bridgehead atoms. The van der Waals surface area contributed by atoms with Gasteiger partial charge in [-0.2, -0.15) is 0 Å². The highest BCUT2D eigenvalue weighted by molar-refractivity contribution is 8.13. The number of amidine groups is 1. The van der Waals surface area contributed by atoms with Crippen LogP contribution in [0.3, 0.4) is 0 Å². The summed E-state index contributed by atoms with van der Waals surface area (Å²) in [7, 11) is 3.76. The van der Waals surface area contributed by atoms with E-state index in [4.69, 9.17) is 10.1 Å². The highest BCUT2D eigenvalue weighted by Gasteiger charge is 2.37. The van der Waals surface area contributed by atoms with Crippen LogP contribution in [0, 0.1) is 5.41 Å². The van der Waals surface area contributed by atoms with Gasteiger partial charge in [-0.25, -0.2) is 0 Å². The van der Waals surface area contributed by atoms with E-state index in [2.05, 4.69) is 30.1 Å². The molecular formula is C13H20N2OS. The monoisotopic (exact) mass is 252 g/mol. The Bertz CT molecular complexity index is 378. The quantitative estimate of drug-likeness (QED) is 0.821. The number of ether oxygens (including phenoxy) is 1. The molecule has 94 valence electrons. The zero-order chi connectivity index (χ0) is 12.5. The molecular weight excluding hydrogens is 232 g/mol. The number of likely N-dealkylation sites (N-methyl/N-ethyl adjacent to an activating group) is 1. The number of rotatable bonds is 2. The van der Waals surface area contributed by atoms with Crippen molar-refractivity contribution in [2.24, 2.45) is 0 Å². The smallest absolute Gasteiger partial charge is 0.156 e. The number of hydrogen-bond acceptors (Lipinski definition) is 3. The molecule has 0 aromatic carbocycles. The lowest BCUT2D eigenvalue weighted by Crippen LogP contribution is -2.50. The normalized spacial score (nSPS) is 33.8. The molecule has 2 unspecified atom stereocenters. The lowest BCUT2D eigenvalue weighted by molar-refractivity contribution is 0.141. The van der Waals surface area contributed by atoms with Gasteiger partial charge in [0.25, 0.3) is 0 Å². The molecule has 2 atom stereocenters. The highest BCUT2D eigenvalue weighted by Crippen LogP contribution is 2.37. The molecule has 4 heteroatoms. The van der Waals surface area contributed by atoms with Crippen LogP contribution in [0.15, 0.2) is 23.8 Å². The first-order valence-electron chi connectivity index (χ1n) is 5.95. The van der Waals surface area contributed by atoms with Crippen molar-refractivity contribution in [1.82, 2.24) is 4.90 Å². The molecule has 2 aliphatic rings. The molecule has 1 heterocycles. The molecule has 17 heavy (non-hydrogen) atoms. The second-order valence-corrected chi connectivity index (χ2v) is 5.85. The minimum atomic E-state index is -0.0302. The SMILES string of the molecule is COC1C=CC(C2(C)CCSC(=N)N2C)=CC1. The maximum Gasteiger partial charge on any atom is 0.156 e. The number of nitrogens with one attached hydrogen (secondary N) is 1. The molecule has 0 aromatic heterocycles. The van der Waals surface area contributed by atoms with E-state index in [0.29, 0.717) is 5.17 Å².